The average molecular weight is 774 g/mol. The molecule has 3 amide bonds. The summed E-state index contributed by atoms with van der Waals surface area (Å²) in [5, 5.41) is 24.2. The molecule has 0 aliphatic carbocycles. The van der Waals surface area contributed by atoms with Gasteiger partial charge in [-0.15, -0.1) is 0 Å². The zero-order chi connectivity index (χ0) is 30.4. The van der Waals surface area contributed by atoms with Gasteiger partial charge in [0, 0.05) is 62.3 Å². The van der Waals surface area contributed by atoms with Crippen LogP contribution < -0.4 is 26.4 Å². The Morgan fingerprint density at radius 3 is 2.36 bits per heavy atom. The third-order valence-electron chi connectivity index (χ3n) is 5.52. The minimum atomic E-state index is -2.54. The Kier molecular flexibility index (Phi) is 15.7. The fraction of sp³-hybridized carbons (Fsp3) is 0.269. The number of rotatable bonds is 16. The minimum Gasteiger partial charge on any atom is -0.755 e. The van der Waals surface area contributed by atoms with E-state index in [0.717, 1.165) is 0 Å². The molecule has 0 bridgehead atoms. The number of hydrogen-bond acceptors (Lipinski definition) is 8. The molecule has 227 valence electrons. The molecule has 1 unspecified atom stereocenters. The Labute approximate surface area is 258 Å². The summed E-state index contributed by atoms with van der Waals surface area (Å²) in [7, 11) is 0. The quantitative estimate of drug-likeness (QED) is 0.0549. The molecule has 0 saturated carbocycles. The number of nitrogens with one attached hydrogen (secondary N) is 5. The van der Waals surface area contributed by atoms with Crippen LogP contribution in [0.2, 0.25) is 0 Å². The van der Waals surface area contributed by atoms with Gasteiger partial charge in [-0.2, -0.15) is 0 Å². The maximum atomic E-state index is 13.3. The Morgan fingerprint density at radius 2 is 1.76 bits per heavy atom. The predicted molar refractivity (Wildman–Crippen MR) is 149 cm³/mol. The number of carboxylic acid groups (broad SMARTS) is 1. The van der Waals surface area contributed by atoms with Gasteiger partial charge in [-0.3, -0.25) is 24.0 Å². The second kappa shape index (κ2) is 18.4. The van der Waals surface area contributed by atoms with Crippen LogP contribution in [0.5, 0.6) is 0 Å². The third-order valence-corrected chi connectivity index (χ3v) is 5.92. The molecule has 0 aliphatic heterocycles. The van der Waals surface area contributed by atoms with Crippen LogP contribution in [-0.4, -0.2) is 62.3 Å². The second-order valence-electron chi connectivity index (χ2n) is 8.65. The summed E-state index contributed by atoms with van der Waals surface area (Å²) in [5.41, 5.74) is 7.34. The number of carbonyl (C=O) groups is 4. The van der Waals surface area contributed by atoms with E-state index >= 15 is 0 Å². The molecule has 2 aromatic rings. The number of amidine groups is 1. The van der Waals surface area contributed by atoms with Crippen LogP contribution in [0.15, 0.2) is 61.2 Å². The first-order valence-electron chi connectivity index (χ1n) is 12.2. The molecule has 16 heteroatoms. The molecule has 14 nitrogen and oxygen atoms in total. The fourth-order valence-corrected chi connectivity index (χ4v) is 3.87. The Balaban J connectivity index is 0.00000882. The van der Waals surface area contributed by atoms with Crippen molar-refractivity contribution >= 4 is 46.7 Å². The molecular weight excluding hydrogens is 743 g/mol. The van der Waals surface area contributed by atoms with Gasteiger partial charge >= 0.3 is 12.1 Å². The summed E-state index contributed by atoms with van der Waals surface area (Å²) in [5.74, 6) is -2.79. The van der Waals surface area contributed by atoms with Crippen LogP contribution in [0.25, 0.3) is 0 Å². The van der Waals surface area contributed by atoms with Gasteiger partial charge in [-0.05, 0) is 29.7 Å². The van der Waals surface area contributed by atoms with Crippen molar-refractivity contribution in [1.29, 1.82) is 5.41 Å². The van der Waals surface area contributed by atoms with Gasteiger partial charge in [0.25, 0.3) is 0 Å². The first kappa shape index (κ1) is 35.9. The number of carbonyl (C=O) groups excluding carboxylic acids is 3. The number of alkyl carbamates (subject to hydrolysis) is 1. The van der Waals surface area contributed by atoms with Crippen molar-refractivity contribution in [2.24, 2.45) is 5.73 Å². The van der Waals surface area contributed by atoms with Crippen molar-refractivity contribution in [2.45, 2.75) is 37.9 Å². The number of anilines is 1. The summed E-state index contributed by atoms with van der Waals surface area (Å²) >= 11 is -2.54. The van der Waals surface area contributed by atoms with Crippen molar-refractivity contribution in [2.75, 3.05) is 11.3 Å². The van der Waals surface area contributed by atoms with E-state index in [1.165, 1.54) is 18.2 Å². The van der Waals surface area contributed by atoms with Crippen molar-refractivity contribution in [3.05, 3.63) is 77.9 Å². The molecule has 2 rings (SSSR count). The van der Waals surface area contributed by atoms with Crippen LogP contribution in [0, 0.1) is 5.41 Å². The monoisotopic (exact) mass is 774 g/mol. The Bertz CT molecular complexity index is 1290. The standard InChI is InChI=1S/C26H32N6O8S.Re/c1-2-12-40-26(37)31-21(14-16-6-8-18(9-7-16)23(27)28)25(36)30-20(10-11-22(33)34)24(35)29-15-17-4-3-5-19(13-17)32-41(38)39;/h2-9,13,20-21,32H,1,10-12,14-15H2,(H3,27,28)(H,29,35)(H,30,36)(H,31,37)(H,33,34)(H,38,39);/p-1/t20-,21-;/m0./s1. The third kappa shape index (κ3) is 13.0. The molecule has 0 saturated heterocycles. The summed E-state index contributed by atoms with van der Waals surface area (Å²) < 4.78 is 28.9. The van der Waals surface area contributed by atoms with E-state index in [1.807, 2.05) is 0 Å². The second-order valence-corrected chi connectivity index (χ2v) is 9.32. The maximum absolute atomic E-state index is 13.3. The number of carboxylic acids is 1. The molecule has 3 atom stereocenters. The topological polar surface area (TPSA) is 236 Å². The number of amides is 3. The van der Waals surface area contributed by atoms with Gasteiger partial charge in [-0.25, -0.2) is 4.79 Å². The zero-order valence-corrected chi connectivity index (χ0v) is 25.8. The van der Waals surface area contributed by atoms with E-state index in [0.29, 0.717) is 16.7 Å². The van der Waals surface area contributed by atoms with E-state index in [9.17, 15) is 27.9 Å². The van der Waals surface area contributed by atoms with Crippen LogP contribution in [0.4, 0.5) is 10.5 Å². The molecule has 0 aromatic heterocycles. The molecule has 0 heterocycles. The predicted octanol–water partition coefficient (Wildman–Crippen LogP) is 0.663. The number of benzene rings is 2. The van der Waals surface area contributed by atoms with E-state index in [4.69, 9.17) is 21.0 Å². The fourth-order valence-electron chi connectivity index (χ4n) is 3.55. The van der Waals surface area contributed by atoms with E-state index in [-0.39, 0.29) is 57.9 Å². The molecule has 2 aromatic carbocycles. The number of nitrogen functional groups attached to an aromatic ring is 1. The average Bonchev–Trinajstić information content (AvgIpc) is 2.92. The first-order valence-corrected chi connectivity index (χ1v) is 13.3. The number of ether oxygens (including phenoxy) is 1. The Hall–Kier alpha value is -4.10. The molecule has 0 fully saturated rings. The summed E-state index contributed by atoms with van der Waals surface area (Å²) in [4.78, 5) is 49.7. The van der Waals surface area contributed by atoms with Gasteiger partial charge < -0.3 is 40.8 Å². The van der Waals surface area contributed by atoms with E-state index in [1.54, 1.807) is 36.4 Å². The molecule has 1 radical (unpaired) electrons. The number of nitrogens with two attached hydrogens (primary N) is 1. The number of hydrogen-bond donors (Lipinski definition) is 7. The van der Waals surface area contributed by atoms with Crippen molar-refractivity contribution < 1.29 is 58.2 Å². The van der Waals surface area contributed by atoms with Crippen LogP contribution >= 0.6 is 0 Å². The summed E-state index contributed by atoms with van der Waals surface area (Å²) in [6, 6.07) is 10.1. The summed E-state index contributed by atoms with van der Waals surface area (Å²) in [6.07, 6.45) is -0.275. The molecule has 42 heavy (non-hydrogen) atoms. The van der Waals surface area contributed by atoms with Crippen molar-refractivity contribution in [3.8, 4) is 0 Å². The van der Waals surface area contributed by atoms with Gasteiger partial charge in [-0.1, -0.05) is 49.1 Å². The maximum Gasteiger partial charge on any atom is 0.408 e. The van der Waals surface area contributed by atoms with Gasteiger partial charge in [0.1, 0.15) is 24.5 Å². The van der Waals surface area contributed by atoms with Crippen LogP contribution in [0.3, 0.4) is 0 Å². The zero-order valence-electron chi connectivity index (χ0n) is 22.3. The van der Waals surface area contributed by atoms with Crippen molar-refractivity contribution in [3.63, 3.8) is 0 Å². The van der Waals surface area contributed by atoms with Gasteiger partial charge in [0.05, 0.1) is 0 Å². The van der Waals surface area contributed by atoms with Crippen LogP contribution in [0.1, 0.15) is 29.5 Å². The SMILES string of the molecule is C=CCOC(=O)N[C@@H](Cc1ccc(C(=N)N)cc1)C(=O)N[C@@H](CCC(=O)O)C(=O)NCc1cccc(NS(=O)[O-])c1.[Re]. The molecule has 8 N–H and O–H groups in total. The number of aliphatic carboxylic acids is 1. The largest absolute Gasteiger partial charge is 0.755 e. The minimum absolute atomic E-state index is 0. The van der Waals surface area contributed by atoms with Gasteiger partial charge in [0.2, 0.25) is 11.8 Å². The van der Waals surface area contributed by atoms with Crippen molar-refractivity contribution in [1.82, 2.24) is 16.0 Å². The van der Waals surface area contributed by atoms with Crippen LogP contribution in [-0.2, 0) is 63.8 Å². The normalized spacial score (nSPS) is 12.3. The summed E-state index contributed by atoms with van der Waals surface area (Å²) in [6.45, 7) is 3.30. The van der Waals surface area contributed by atoms with E-state index < -0.39 is 53.6 Å². The van der Waals surface area contributed by atoms with E-state index in [2.05, 4.69) is 27.3 Å². The van der Waals surface area contributed by atoms with Gasteiger partial charge in [0.15, 0.2) is 0 Å². The molecule has 0 aliphatic rings. The smallest absolute Gasteiger partial charge is 0.408 e. The first-order chi connectivity index (χ1) is 19.5. The molecular formula is C26H31N6O8ReS-. The Morgan fingerprint density at radius 1 is 1.07 bits per heavy atom. The molecule has 0 spiro atoms.